The number of benzene rings is 2. The van der Waals surface area contributed by atoms with Crippen LogP contribution in [0.2, 0.25) is 5.02 Å². The molecule has 0 aliphatic rings. The highest BCUT2D eigenvalue weighted by atomic mass is 35.5. The van der Waals surface area contributed by atoms with E-state index in [0.29, 0.717) is 13.0 Å². The van der Waals surface area contributed by atoms with Gasteiger partial charge in [-0.2, -0.15) is 0 Å². The smallest absolute Gasteiger partial charge is 0.255 e. The molecule has 24 heavy (non-hydrogen) atoms. The van der Waals surface area contributed by atoms with Gasteiger partial charge in [-0.25, -0.2) is 4.39 Å². The first-order valence-corrected chi connectivity index (χ1v) is 8.15. The predicted octanol–water partition coefficient (Wildman–Crippen LogP) is 4.55. The maximum absolute atomic E-state index is 13.8. The lowest BCUT2D eigenvalue weighted by atomic mass is 10.1. The van der Waals surface area contributed by atoms with Gasteiger partial charge < -0.3 is 10.3 Å². The second kappa shape index (κ2) is 6.65. The van der Waals surface area contributed by atoms with Crippen LogP contribution in [-0.4, -0.2) is 17.4 Å². The van der Waals surface area contributed by atoms with Gasteiger partial charge in [-0.1, -0.05) is 29.3 Å². The molecule has 5 heteroatoms. The maximum atomic E-state index is 13.8. The van der Waals surface area contributed by atoms with Gasteiger partial charge in [-0.15, -0.1) is 0 Å². The van der Waals surface area contributed by atoms with E-state index >= 15 is 0 Å². The summed E-state index contributed by atoms with van der Waals surface area (Å²) in [5.41, 5.74) is 4.40. The second-order valence-electron chi connectivity index (χ2n) is 5.88. The fourth-order valence-electron chi connectivity index (χ4n) is 2.92. The van der Waals surface area contributed by atoms with Crippen LogP contribution in [0.5, 0.6) is 0 Å². The summed E-state index contributed by atoms with van der Waals surface area (Å²) in [4.78, 5) is 15.5. The molecule has 1 heterocycles. The van der Waals surface area contributed by atoms with Crippen molar-refractivity contribution in [1.82, 2.24) is 10.3 Å². The fourth-order valence-corrected chi connectivity index (χ4v) is 3.17. The first-order valence-electron chi connectivity index (χ1n) is 7.77. The monoisotopic (exact) mass is 344 g/mol. The van der Waals surface area contributed by atoms with E-state index in [1.165, 1.54) is 23.8 Å². The van der Waals surface area contributed by atoms with Crippen molar-refractivity contribution in [3.8, 4) is 0 Å². The summed E-state index contributed by atoms with van der Waals surface area (Å²) in [6.07, 6.45) is 0.660. The molecule has 3 rings (SSSR count). The van der Waals surface area contributed by atoms with Crippen LogP contribution in [0, 0.1) is 19.7 Å². The van der Waals surface area contributed by atoms with Crippen molar-refractivity contribution < 1.29 is 9.18 Å². The van der Waals surface area contributed by atoms with Gasteiger partial charge in [0.1, 0.15) is 5.82 Å². The average Bonchev–Trinajstić information content (AvgIpc) is 2.83. The molecule has 0 fully saturated rings. The molecule has 0 spiro atoms. The lowest BCUT2D eigenvalue weighted by Gasteiger charge is -2.08. The molecule has 0 aliphatic heterocycles. The molecule has 2 N–H and O–H groups in total. The Morgan fingerprint density at radius 1 is 1.25 bits per heavy atom. The Balaban J connectivity index is 1.74. The standard InChI is InChI=1S/C19H18ClFN2O/c1-11-6-7-17-14(10-11)13(12(2)23-17)8-9-22-19(24)18-15(20)4-3-5-16(18)21/h3-7,10,23H,8-9H2,1-2H3,(H,22,24). The summed E-state index contributed by atoms with van der Waals surface area (Å²) in [5, 5.41) is 4.02. The molecule has 0 unspecified atom stereocenters. The summed E-state index contributed by atoms with van der Waals surface area (Å²) in [6, 6.07) is 10.5. The van der Waals surface area contributed by atoms with Gasteiger partial charge in [0.2, 0.25) is 0 Å². The lowest BCUT2D eigenvalue weighted by molar-refractivity contribution is 0.0950. The highest BCUT2D eigenvalue weighted by Crippen LogP contribution is 2.24. The molecule has 2 aromatic carbocycles. The number of nitrogens with one attached hydrogen (secondary N) is 2. The third-order valence-corrected chi connectivity index (χ3v) is 4.44. The zero-order valence-corrected chi connectivity index (χ0v) is 14.3. The first kappa shape index (κ1) is 16.5. The van der Waals surface area contributed by atoms with E-state index < -0.39 is 11.7 Å². The normalized spacial score (nSPS) is 11.0. The van der Waals surface area contributed by atoms with Crippen molar-refractivity contribution in [2.24, 2.45) is 0 Å². The fraction of sp³-hybridized carbons (Fsp3) is 0.211. The van der Waals surface area contributed by atoms with E-state index in [2.05, 4.69) is 28.5 Å². The van der Waals surface area contributed by atoms with Gasteiger partial charge in [0.15, 0.2) is 0 Å². The topological polar surface area (TPSA) is 44.9 Å². The summed E-state index contributed by atoms with van der Waals surface area (Å²) < 4.78 is 13.8. The Morgan fingerprint density at radius 3 is 2.79 bits per heavy atom. The molecule has 0 saturated heterocycles. The van der Waals surface area contributed by atoms with Crippen LogP contribution in [0.1, 0.15) is 27.2 Å². The Labute approximate surface area is 144 Å². The molecule has 124 valence electrons. The molecule has 0 saturated carbocycles. The number of rotatable bonds is 4. The van der Waals surface area contributed by atoms with Crippen molar-refractivity contribution in [3.63, 3.8) is 0 Å². The molecular weight excluding hydrogens is 327 g/mol. The number of carbonyl (C=O) groups excluding carboxylic acids is 1. The summed E-state index contributed by atoms with van der Waals surface area (Å²) >= 11 is 5.92. The van der Waals surface area contributed by atoms with E-state index in [1.54, 1.807) is 0 Å². The van der Waals surface area contributed by atoms with Crippen LogP contribution < -0.4 is 5.32 Å². The quantitative estimate of drug-likeness (QED) is 0.716. The van der Waals surface area contributed by atoms with Crippen molar-refractivity contribution in [3.05, 3.63) is 69.6 Å². The Hall–Kier alpha value is -2.33. The number of hydrogen-bond acceptors (Lipinski definition) is 1. The minimum Gasteiger partial charge on any atom is -0.358 e. The minimum atomic E-state index is -0.612. The second-order valence-corrected chi connectivity index (χ2v) is 6.29. The number of halogens is 2. The Morgan fingerprint density at radius 2 is 2.04 bits per heavy atom. The average molecular weight is 345 g/mol. The Bertz CT molecular complexity index is 897. The SMILES string of the molecule is Cc1ccc2[nH]c(C)c(CCNC(=O)c3c(F)cccc3Cl)c2c1. The molecular formula is C19H18ClFN2O. The van der Waals surface area contributed by atoms with Crippen molar-refractivity contribution in [1.29, 1.82) is 0 Å². The van der Waals surface area contributed by atoms with E-state index in [9.17, 15) is 9.18 Å². The zero-order valence-electron chi connectivity index (χ0n) is 13.5. The van der Waals surface area contributed by atoms with Crippen LogP contribution in [0.15, 0.2) is 36.4 Å². The largest absolute Gasteiger partial charge is 0.358 e. The number of carbonyl (C=O) groups is 1. The summed E-state index contributed by atoms with van der Waals surface area (Å²) in [5.74, 6) is -1.11. The van der Waals surface area contributed by atoms with Crippen LogP contribution in [-0.2, 0) is 6.42 Å². The van der Waals surface area contributed by atoms with Crippen LogP contribution in [0.3, 0.4) is 0 Å². The minimum absolute atomic E-state index is 0.106. The number of amides is 1. The number of hydrogen-bond donors (Lipinski definition) is 2. The molecule has 1 aromatic heterocycles. The summed E-state index contributed by atoms with van der Waals surface area (Å²) in [6.45, 7) is 4.47. The van der Waals surface area contributed by atoms with E-state index in [-0.39, 0.29) is 10.6 Å². The van der Waals surface area contributed by atoms with Gasteiger partial charge >= 0.3 is 0 Å². The van der Waals surface area contributed by atoms with Crippen LogP contribution in [0.4, 0.5) is 4.39 Å². The van der Waals surface area contributed by atoms with E-state index in [0.717, 1.165) is 22.2 Å². The van der Waals surface area contributed by atoms with Gasteiger partial charge in [0, 0.05) is 23.1 Å². The van der Waals surface area contributed by atoms with Crippen molar-refractivity contribution >= 4 is 28.4 Å². The highest BCUT2D eigenvalue weighted by molar-refractivity contribution is 6.33. The molecule has 0 bridgehead atoms. The third kappa shape index (κ3) is 3.15. The highest BCUT2D eigenvalue weighted by Gasteiger charge is 2.16. The third-order valence-electron chi connectivity index (χ3n) is 4.13. The van der Waals surface area contributed by atoms with Crippen molar-refractivity contribution in [2.45, 2.75) is 20.3 Å². The molecule has 0 aliphatic carbocycles. The predicted molar refractivity (Wildman–Crippen MR) is 95.2 cm³/mol. The lowest BCUT2D eigenvalue weighted by Crippen LogP contribution is -2.27. The van der Waals surface area contributed by atoms with Gasteiger partial charge in [-0.05, 0) is 50.1 Å². The van der Waals surface area contributed by atoms with E-state index in [1.807, 2.05) is 13.8 Å². The molecule has 0 radical (unpaired) electrons. The van der Waals surface area contributed by atoms with Gasteiger partial charge in [-0.3, -0.25) is 4.79 Å². The van der Waals surface area contributed by atoms with Crippen molar-refractivity contribution in [2.75, 3.05) is 6.54 Å². The van der Waals surface area contributed by atoms with Gasteiger partial charge in [0.05, 0.1) is 10.6 Å². The van der Waals surface area contributed by atoms with E-state index in [4.69, 9.17) is 11.6 Å². The number of aromatic nitrogens is 1. The molecule has 3 nitrogen and oxygen atoms in total. The summed E-state index contributed by atoms with van der Waals surface area (Å²) in [7, 11) is 0. The molecule has 0 atom stereocenters. The number of aromatic amines is 1. The molecule has 1 amide bonds. The van der Waals surface area contributed by atoms with Gasteiger partial charge in [0.25, 0.3) is 5.91 Å². The number of fused-ring (bicyclic) bond motifs is 1. The molecule has 3 aromatic rings. The van der Waals surface area contributed by atoms with Crippen LogP contribution in [0.25, 0.3) is 10.9 Å². The number of aryl methyl sites for hydroxylation is 2. The van der Waals surface area contributed by atoms with Crippen LogP contribution >= 0.6 is 11.6 Å². The Kier molecular flexibility index (Phi) is 4.58. The zero-order chi connectivity index (χ0) is 17.3. The number of H-pyrrole nitrogens is 1. The first-order chi connectivity index (χ1) is 11.5. The maximum Gasteiger partial charge on any atom is 0.255 e.